The average Bonchev–Trinajstić information content (AvgIpc) is 3.22. The van der Waals surface area contributed by atoms with Crippen molar-refractivity contribution in [1.82, 2.24) is 4.90 Å². The van der Waals surface area contributed by atoms with Gasteiger partial charge in [0.25, 0.3) is 5.91 Å². The quantitative estimate of drug-likeness (QED) is 0.737. The van der Waals surface area contributed by atoms with Gasteiger partial charge >= 0.3 is 12.1 Å². The number of carbonyl (C=O) groups excluding carboxylic acids is 2. The molecule has 3 rings (SSSR count). The summed E-state index contributed by atoms with van der Waals surface area (Å²) in [5, 5.41) is 2.83. The summed E-state index contributed by atoms with van der Waals surface area (Å²) in [6.07, 6.45) is -3.56. The molecule has 1 fully saturated rings. The van der Waals surface area contributed by atoms with Crippen molar-refractivity contribution in [3.63, 3.8) is 0 Å². The fourth-order valence-electron chi connectivity index (χ4n) is 3.17. The van der Waals surface area contributed by atoms with Crippen LogP contribution in [0.1, 0.15) is 35.7 Å². The van der Waals surface area contributed by atoms with Gasteiger partial charge in [-0.1, -0.05) is 18.2 Å². The van der Waals surface area contributed by atoms with Crippen molar-refractivity contribution in [2.45, 2.75) is 32.0 Å². The van der Waals surface area contributed by atoms with Gasteiger partial charge in [0.2, 0.25) is 0 Å². The van der Waals surface area contributed by atoms with E-state index in [2.05, 4.69) is 5.32 Å². The van der Waals surface area contributed by atoms with Gasteiger partial charge < -0.3 is 15.0 Å². The minimum Gasteiger partial charge on any atom is -0.449 e. The van der Waals surface area contributed by atoms with Crippen molar-refractivity contribution < 1.29 is 27.5 Å². The van der Waals surface area contributed by atoms with Gasteiger partial charge in [0.05, 0.1) is 16.8 Å². The van der Waals surface area contributed by atoms with Crippen LogP contribution in [0.4, 0.5) is 24.5 Å². The second kappa shape index (κ2) is 8.55. The van der Waals surface area contributed by atoms with Gasteiger partial charge in [-0.3, -0.25) is 4.79 Å². The predicted molar refractivity (Wildman–Crippen MR) is 102 cm³/mol. The molecule has 0 radical (unpaired) electrons. The number of amides is 1. The molecule has 0 saturated carbocycles. The normalized spacial score (nSPS) is 15.1. The molecule has 29 heavy (non-hydrogen) atoms. The number of esters is 1. The van der Waals surface area contributed by atoms with Crippen molar-refractivity contribution in [3.05, 3.63) is 59.7 Å². The van der Waals surface area contributed by atoms with Crippen LogP contribution >= 0.6 is 0 Å². The Morgan fingerprint density at radius 2 is 1.76 bits per heavy atom. The van der Waals surface area contributed by atoms with E-state index >= 15 is 0 Å². The van der Waals surface area contributed by atoms with E-state index in [1.54, 1.807) is 23.1 Å². The first-order valence-corrected chi connectivity index (χ1v) is 9.29. The Bertz CT molecular complexity index is 893. The predicted octanol–water partition coefficient (Wildman–Crippen LogP) is 4.62. The van der Waals surface area contributed by atoms with Crippen molar-refractivity contribution >= 4 is 23.3 Å². The minimum absolute atomic E-state index is 0.131. The monoisotopic (exact) mass is 406 g/mol. The summed E-state index contributed by atoms with van der Waals surface area (Å²) in [4.78, 5) is 26.6. The molecule has 1 N–H and O–H groups in total. The summed E-state index contributed by atoms with van der Waals surface area (Å²) in [6, 6.07) is 11.0. The molecule has 1 saturated heterocycles. The number of carbonyl (C=O) groups is 2. The van der Waals surface area contributed by atoms with E-state index in [0.29, 0.717) is 13.1 Å². The Morgan fingerprint density at radius 1 is 1.07 bits per heavy atom. The lowest BCUT2D eigenvalue weighted by Crippen LogP contribution is -2.38. The zero-order chi connectivity index (χ0) is 21.0. The molecular formula is C21H21F3N2O3. The van der Waals surface area contributed by atoms with E-state index in [-0.39, 0.29) is 22.8 Å². The highest BCUT2D eigenvalue weighted by atomic mass is 19.4. The fourth-order valence-corrected chi connectivity index (χ4v) is 3.17. The van der Waals surface area contributed by atoms with Gasteiger partial charge in [0.15, 0.2) is 6.10 Å². The highest BCUT2D eigenvalue weighted by molar-refractivity contribution is 5.98. The van der Waals surface area contributed by atoms with Gasteiger partial charge in [-0.2, -0.15) is 13.2 Å². The molecule has 0 aromatic heterocycles. The second-order valence-electron chi connectivity index (χ2n) is 6.83. The fraction of sp³-hybridized carbons (Fsp3) is 0.333. The number of hydrogen-bond acceptors (Lipinski definition) is 4. The van der Waals surface area contributed by atoms with Crippen LogP contribution in [0.2, 0.25) is 0 Å². The maximum absolute atomic E-state index is 12.9. The van der Waals surface area contributed by atoms with Crippen molar-refractivity contribution in [3.8, 4) is 0 Å². The third kappa shape index (κ3) is 5.07. The molecule has 5 nitrogen and oxygen atoms in total. The van der Waals surface area contributed by atoms with Gasteiger partial charge in [0, 0.05) is 18.8 Å². The Hall–Kier alpha value is -3.03. The molecule has 2 aromatic rings. The number of alkyl halides is 3. The van der Waals surface area contributed by atoms with E-state index in [1.807, 2.05) is 0 Å². The largest absolute Gasteiger partial charge is 0.449 e. The van der Waals surface area contributed by atoms with Crippen LogP contribution in [0, 0.1) is 0 Å². The van der Waals surface area contributed by atoms with Crippen LogP contribution in [0.25, 0.3) is 0 Å². The molecular weight excluding hydrogens is 385 g/mol. The number of halogens is 3. The topological polar surface area (TPSA) is 58.6 Å². The number of likely N-dealkylation sites (tertiary alicyclic amines) is 1. The summed E-state index contributed by atoms with van der Waals surface area (Å²) in [7, 11) is 0. The Balaban J connectivity index is 1.75. The lowest BCUT2D eigenvalue weighted by molar-refractivity contribution is -0.138. The molecule has 0 bridgehead atoms. The summed E-state index contributed by atoms with van der Waals surface area (Å²) < 4.78 is 44.1. The van der Waals surface area contributed by atoms with E-state index in [1.165, 1.54) is 25.1 Å². The number of nitrogens with one attached hydrogen (secondary N) is 1. The minimum atomic E-state index is -4.47. The van der Waals surface area contributed by atoms with Gasteiger partial charge in [-0.25, -0.2) is 4.79 Å². The Morgan fingerprint density at radius 3 is 2.45 bits per heavy atom. The van der Waals surface area contributed by atoms with Gasteiger partial charge in [0.1, 0.15) is 0 Å². The number of anilines is 2. The number of ether oxygens (including phenoxy) is 1. The van der Waals surface area contributed by atoms with Crippen LogP contribution in [-0.2, 0) is 15.7 Å². The Labute approximate surface area is 166 Å². The van der Waals surface area contributed by atoms with Gasteiger partial charge in [-0.05, 0) is 50.1 Å². The smallest absolute Gasteiger partial charge is 0.416 e. The standard InChI is InChI=1S/C21H21F3N2O3/c1-14(19(27)26-11-4-5-12-26)29-20(28)17-9-2-3-10-18(17)25-16-8-6-7-15(13-16)21(22,23)24/h2-3,6-10,13-14,25H,4-5,11-12H2,1H3/t14-/m0/s1. The SMILES string of the molecule is C[C@H](OC(=O)c1ccccc1Nc1cccc(C(F)(F)F)c1)C(=O)N1CCCC1. The molecule has 8 heteroatoms. The first kappa shape index (κ1) is 20.7. The first-order valence-electron chi connectivity index (χ1n) is 9.29. The molecule has 1 heterocycles. The highest BCUT2D eigenvalue weighted by Gasteiger charge is 2.30. The van der Waals surface area contributed by atoms with Crippen LogP contribution < -0.4 is 5.32 Å². The van der Waals surface area contributed by atoms with Crippen LogP contribution in [-0.4, -0.2) is 36.0 Å². The maximum Gasteiger partial charge on any atom is 0.416 e. The second-order valence-corrected chi connectivity index (χ2v) is 6.83. The van der Waals surface area contributed by atoms with E-state index in [4.69, 9.17) is 4.74 Å². The number of hydrogen-bond donors (Lipinski definition) is 1. The molecule has 0 aliphatic carbocycles. The van der Waals surface area contributed by atoms with E-state index in [9.17, 15) is 22.8 Å². The number of nitrogens with zero attached hydrogens (tertiary/aromatic N) is 1. The highest BCUT2D eigenvalue weighted by Crippen LogP contribution is 2.32. The van der Waals surface area contributed by atoms with Crippen molar-refractivity contribution in [2.75, 3.05) is 18.4 Å². The third-order valence-electron chi connectivity index (χ3n) is 4.67. The number of rotatable bonds is 5. The molecule has 1 aliphatic rings. The average molecular weight is 406 g/mol. The van der Waals surface area contributed by atoms with E-state index < -0.39 is 23.8 Å². The maximum atomic E-state index is 12.9. The molecule has 1 atom stereocenters. The number of para-hydroxylation sites is 1. The summed E-state index contributed by atoms with van der Waals surface area (Å²) in [6.45, 7) is 2.81. The zero-order valence-electron chi connectivity index (χ0n) is 15.8. The van der Waals surface area contributed by atoms with Crippen molar-refractivity contribution in [2.24, 2.45) is 0 Å². The summed E-state index contributed by atoms with van der Waals surface area (Å²) >= 11 is 0. The molecule has 154 valence electrons. The third-order valence-corrected chi connectivity index (χ3v) is 4.67. The van der Waals surface area contributed by atoms with Crippen molar-refractivity contribution in [1.29, 1.82) is 0 Å². The molecule has 1 amide bonds. The van der Waals surface area contributed by atoms with Crippen LogP contribution in [0.5, 0.6) is 0 Å². The molecule has 0 unspecified atom stereocenters. The molecule has 0 spiro atoms. The summed E-state index contributed by atoms with van der Waals surface area (Å²) in [5.74, 6) is -0.973. The van der Waals surface area contributed by atoms with Gasteiger partial charge in [-0.15, -0.1) is 0 Å². The number of benzene rings is 2. The van der Waals surface area contributed by atoms with Crippen LogP contribution in [0.3, 0.4) is 0 Å². The zero-order valence-corrected chi connectivity index (χ0v) is 15.8. The van der Waals surface area contributed by atoms with Crippen LogP contribution in [0.15, 0.2) is 48.5 Å². The molecule has 2 aromatic carbocycles. The molecule has 1 aliphatic heterocycles. The summed E-state index contributed by atoms with van der Waals surface area (Å²) in [5.41, 5.74) is -0.197. The van der Waals surface area contributed by atoms with E-state index in [0.717, 1.165) is 25.0 Å². The first-order chi connectivity index (χ1) is 13.8. The lowest BCUT2D eigenvalue weighted by Gasteiger charge is -2.21. The Kier molecular flexibility index (Phi) is 6.10. The lowest BCUT2D eigenvalue weighted by atomic mass is 10.1.